The molecule has 1 saturated heterocycles. The van der Waals surface area contributed by atoms with Crippen LogP contribution in [0.15, 0.2) is 29.8 Å². The van der Waals surface area contributed by atoms with Gasteiger partial charge in [-0.25, -0.2) is 4.98 Å². The third-order valence-corrected chi connectivity index (χ3v) is 5.51. The van der Waals surface area contributed by atoms with E-state index in [1.165, 1.54) is 11.3 Å². The van der Waals surface area contributed by atoms with Gasteiger partial charge in [-0.2, -0.15) is 5.10 Å². The second-order valence-corrected chi connectivity index (χ2v) is 6.98. The molecule has 0 bridgehead atoms. The Kier molecular flexibility index (Phi) is 3.61. The van der Waals surface area contributed by atoms with Crippen molar-refractivity contribution < 1.29 is 4.79 Å². The van der Waals surface area contributed by atoms with Gasteiger partial charge < -0.3 is 4.90 Å². The van der Waals surface area contributed by atoms with Gasteiger partial charge in [0.05, 0.1) is 11.1 Å². The van der Waals surface area contributed by atoms with E-state index in [9.17, 15) is 4.79 Å². The van der Waals surface area contributed by atoms with Crippen molar-refractivity contribution in [3.63, 3.8) is 0 Å². The Morgan fingerprint density at radius 3 is 3.13 bits per heavy atom. The molecule has 1 amide bonds. The molecule has 0 saturated carbocycles. The van der Waals surface area contributed by atoms with E-state index in [-0.39, 0.29) is 5.91 Å². The van der Waals surface area contributed by atoms with Gasteiger partial charge in [0.15, 0.2) is 5.65 Å². The zero-order valence-corrected chi connectivity index (χ0v) is 13.8. The Hall–Kier alpha value is -2.21. The number of amides is 1. The van der Waals surface area contributed by atoms with Crippen molar-refractivity contribution in [2.75, 3.05) is 13.1 Å². The molecule has 1 fully saturated rings. The lowest BCUT2D eigenvalue weighted by atomic mass is 9.94. The summed E-state index contributed by atoms with van der Waals surface area (Å²) < 4.78 is 0. The average Bonchev–Trinajstić information content (AvgIpc) is 3.22. The number of rotatable bonds is 2. The number of fused-ring (bicyclic) bond motifs is 1. The van der Waals surface area contributed by atoms with Crippen LogP contribution >= 0.6 is 11.3 Å². The number of aromatic nitrogens is 3. The lowest BCUT2D eigenvalue weighted by Gasteiger charge is -2.32. The fraction of sp³-hybridized carbons (Fsp3) is 0.353. The number of aryl methyl sites for hydroxylation is 1. The molecule has 0 spiro atoms. The molecule has 3 aromatic heterocycles. The first-order valence-corrected chi connectivity index (χ1v) is 8.74. The normalized spacial score (nSPS) is 18.5. The third-order valence-electron chi connectivity index (χ3n) is 4.51. The predicted molar refractivity (Wildman–Crippen MR) is 90.8 cm³/mol. The quantitative estimate of drug-likeness (QED) is 0.785. The first-order valence-electron chi connectivity index (χ1n) is 7.86. The number of thiophene rings is 1. The number of carbonyl (C=O) groups is 1. The first kappa shape index (κ1) is 14.4. The summed E-state index contributed by atoms with van der Waals surface area (Å²) in [6.45, 7) is 3.57. The van der Waals surface area contributed by atoms with Crippen molar-refractivity contribution in [3.8, 4) is 0 Å². The molecular weight excluding hydrogens is 308 g/mol. The molecule has 0 radical (unpaired) electrons. The van der Waals surface area contributed by atoms with Gasteiger partial charge in [0.2, 0.25) is 0 Å². The molecule has 23 heavy (non-hydrogen) atoms. The van der Waals surface area contributed by atoms with E-state index in [2.05, 4.69) is 21.2 Å². The summed E-state index contributed by atoms with van der Waals surface area (Å²) in [7, 11) is 0. The molecule has 4 heterocycles. The minimum Gasteiger partial charge on any atom is -0.337 e. The van der Waals surface area contributed by atoms with Crippen molar-refractivity contribution >= 4 is 28.3 Å². The molecule has 0 aliphatic carbocycles. The largest absolute Gasteiger partial charge is 0.337 e. The zero-order chi connectivity index (χ0) is 15.8. The lowest BCUT2D eigenvalue weighted by Crippen LogP contribution is -2.39. The van der Waals surface area contributed by atoms with Gasteiger partial charge in [-0.15, -0.1) is 11.3 Å². The Balaban J connectivity index is 1.56. The molecule has 1 atom stereocenters. The number of aromatic amines is 1. The molecule has 5 nitrogen and oxygen atoms in total. The van der Waals surface area contributed by atoms with E-state index >= 15 is 0 Å². The summed E-state index contributed by atoms with van der Waals surface area (Å²) in [5, 5.41) is 9.95. The van der Waals surface area contributed by atoms with E-state index in [1.54, 1.807) is 6.20 Å². The zero-order valence-electron chi connectivity index (χ0n) is 13.0. The molecule has 3 aromatic rings. The molecule has 1 N–H and O–H groups in total. The maximum absolute atomic E-state index is 12.7. The van der Waals surface area contributed by atoms with Crippen LogP contribution in [0.1, 0.15) is 39.7 Å². The minimum atomic E-state index is 0.157. The van der Waals surface area contributed by atoms with Gasteiger partial charge in [0.1, 0.15) is 0 Å². The van der Waals surface area contributed by atoms with E-state index in [4.69, 9.17) is 0 Å². The molecule has 4 rings (SSSR count). The topological polar surface area (TPSA) is 61.9 Å². The number of hydrogen-bond acceptors (Lipinski definition) is 4. The van der Waals surface area contributed by atoms with Crippen LogP contribution in [0.5, 0.6) is 0 Å². The van der Waals surface area contributed by atoms with Crippen LogP contribution in [0.25, 0.3) is 11.0 Å². The van der Waals surface area contributed by atoms with Gasteiger partial charge >= 0.3 is 0 Å². The standard InChI is InChI=1S/C17H18N4OS/c1-11-6-8-23-15(11)17(22)21-7-2-3-13(10-21)14-5-4-12-9-18-20-16(12)19-14/h4-6,8-9,13H,2-3,7,10H2,1H3,(H,18,19,20)/t13-/m0/s1. The number of nitrogens with one attached hydrogen (secondary N) is 1. The van der Waals surface area contributed by atoms with E-state index in [1.807, 2.05) is 29.3 Å². The number of hydrogen-bond donors (Lipinski definition) is 1. The monoisotopic (exact) mass is 326 g/mol. The number of likely N-dealkylation sites (tertiary alicyclic amines) is 1. The highest BCUT2D eigenvalue weighted by molar-refractivity contribution is 7.12. The average molecular weight is 326 g/mol. The summed E-state index contributed by atoms with van der Waals surface area (Å²) in [5.41, 5.74) is 2.93. The van der Waals surface area contributed by atoms with Crippen molar-refractivity contribution in [1.82, 2.24) is 20.1 Å². The van der Waals surface area contributed by atoms with E-state index in [0.29, 0.717) is 5.92 Å². The second-order valence-electron chi connectivity index (χ2n) is 6.07. The molecule has 0 unspecified atom stereocenters. The summed E-state index contributed by atoms with van der Waals surface area (Å²) in [6.07, 6.45) is 3.87. The highest BCUT2D eigenvalue weighted by Crippen LogP contribution is 2.28. The summed E-state index contributed by atoms with van der Waals surface area (Å²) >= 11 is 1.53. The van der Waals surface area contributed by atoms with Gasteiger partial charge in [0.25, 0.3) is 5.91 Å². The summed E-state index contributed by atoms with van der Waals surface area (Å²) in [6, 6.07) is 6.12. The predicted octanol–water partition coefficient (Wildman–Crippen LogP) is 3.35. The SMILES string of the molecule is Cc1ccsc1C(=O)N1CCC[C@H](c2ccc3cn[nH]c3n2)C1. The van der Waals surface area contributed by atoms with Gasteiger partial charge in [0, 0.05) is 30.1 Å². The number of carbonyl (C=O) groups excluding carboxylic acids is 1. The van der Waals surface area contributed by atoms with Crippen LogP contribution in [-0.2, 0) is 0 Å². The van der Waals surface area contributed by atoms with Crippen LogP contribution in [0.4, 0.5) is 0 Å². The van der Waals surface area contributed by atoms with Crippen molar-refractivity contribution in [2.45, 2.75) is 25.7 Å². The van der Waals surface area contributed by atoms with Gasteiger partial charge in [-0.1, -0.05) is 0 Å². The Morgan fingerprint density at radius 1 is 1.39 bits per heavy atom. The lowest BCUT2D eigenvalue weighted by molar-refractivity contribution is 0.0710. The highest BCUT2D eigenvalue weighted by atomic mass is 32.1. The maximum Gasteiger partial charge on any atom is 0.264 e. The van der Waals surface area contributed by atoms with Crippen molar-refractivity contribution in [3.05, 3.63) is 45.9 Å². The number of H-pyrrole nitrogens is 1. The molecule has 6 heteroatoms. The van der Waals surface area contributed by atoms with Crippen LogP contribution in [0, 0.1) is 6.92 Å². The van der Waals surface area contributed by atoms with Gasteiger partial charge in [-0.05, 0) is 48.9 Å². The minimum absolute atomic E-state index is 0.157. The Morgan fingerprint density at radius 2 is 2.30 bits per heavy atom. The van der Waals surface area contributed by atoms with Crippen LogP contribution in [-0.4, -0.2) is 39.1 Å². The summed E-state index contributed by atoms with van der Waals surface area (Å²) in [4.78, 5) is 20.3. The number of nitrogens with zero attached hydrogens (tertiary/aromatic N) is 3. The molecule has 118 valence electrons. The maximum atomic E-state index is 12.7. The van der Waals surface area contributed by atoms with E-state index in [0.717, 1.165) is 53.1 Å². The van der Waals surface area contributed by atoms with Crippen LogP contribution < -0.4 is 0 Å². The molecular formula is C17H18N4OS. The fourth-order valence-corrected chi connectivity index (χ4v) is 4.10. The fourth-order valence-electron chi connectivity index (χ4n) is 3.21. The summed E-state index contributed by atoms with van der Waals surface area (Å²) in [5.74, 6) is 0.450. The van der Waals surface area contributed by atoms with Gasteiger partial charge in [-0.3, -0.25) is 9.89 Å². The smallest absolute Gasteiger partial charge is 0.264 e. The number of pyridine rings is 1. The van der Waals surface area contributed by atoms with E-state index < -0.39 is 0 Å². The third kappa shape index (κ3) is 2.63. The highest BCUT2D eigenvalue weighted by Gasteiger charge is 2.27. The van der Waals surface area contributed by atoms with Crippen molar-refractivity contribution in [2.24, 2.45) is 0 Å². The van der Waals surface area contributed by atoms with Crippen molar-refractivity contribution in [1.29, 1.82) is 0 Å². The second kappa shape index (κ2) is 5.77. The number of piperidine rings is 1. The Labute approximate surface area is 138 Å². The Bertz CT molecular complexity index is 853. The molecule has 1 aliphatic heterocycles. The molecule has 1 aliphatic rings. The van der Waals surface area contributed by atoms with Crippen LogP contribution in [0.3, 0.4) is 0 Å². The first-order chi connectivity index (χ1) is 11.2. The molecule has 0 aromatic carbocycles. The van der Waals surface area contributed by atoms with Crippen LogP contribution in [0.2, 0.25) is 0 Å².